The average molecular weight is 343 g/mol. The zero-order valence-electron chi connectivity index (χ0n) is 16.1. The largest absolute Gasteiger partial charge is 0.213 e. The van der Waals surface area contributed by atoms with Crippen molar-refractivity contribution in [3.8, 4) is 22.4 Å². The molecule has 132 valence electrons. The van der Waals surface area contributed by atoms with Crippen LogP contribution < -0.4 is 4.57 Å². The lowest BCUT2D eigenvalue weighted by molar-refractivity contribution is -0.722. The summed E-state index contributed by atoms with van der Waals surface area (Å²) in [6, 6.07) is 24.7. The minimum absolute atomic E-state index is 0.488. The molecule has 0 amide bonds. The van der Waals surface area contributed by atoms with Crippen LogP contribution in [-0.2, 0) is 12.8 Å². The number of hydrogen-bond acceptors (Lipinski definition) is 0. The molecule has 1 unspecified atom stereocenters. The van der Waals surface area contributed by atoms with Crippen LogP contribution in [0.2, 0.25) is 0 Å². The van der Waals surface area contributed by atoms with E-state index in [0.717, 1.165) is 0 Å². The summed E-state index contributed by atoms with van der Waals surface area (Å²) in [5.74, 6) is 0.606. The van der Waals surface area contributed by atoms with Crippen molar-refractivity contribution in [3.63, 3.8) is 0 Å². The number of hydrogen-bond donors (Lipinski definition) is 0. The first kappa shape index (κ1) is 17.0. The number of rotatable bonds is 4. The number of benzene rings is 2. The highest BCUT2D eigenvalue weighted by molar-refractivity contribution is 5.73. The molecular weight excluding hydrogens is 314 g/mol. The first-order valence-electron chi connectivity index (χ1n) is 9.88. The fraction of sp³-hybridized carbons (Fsp3) is 0.320. The second-order valence-electron chi connectivity index (χ2n) is 7.81. The van der Waals surface area contributed by atoms with E-state index in [4.69, 9.17) is 0 Å². The summed E-state index contributed by atoms with van der Waals surface area (Å²) in [5.41, 5.74) is 8.53. The van der Waals surface area contributed by atoms with Gasteiger partial charge in [-0.1, -0.05) is 62.4 Å². The molecule has 0 radical (unpaired) electrons. The zero-order chi connectivity index (χ0) is 18.1. The van der Waals surface area contributed by atoms with Gasteiger partial charge >= 0.3 is 0 Å². The predicted molar refractivity (Wildman–Crippen MR) is 109 cm³/mol. The molecule has 1 heteroatoms. The Morgan fingerprint density at radius 3 is 2.00 bits per heavy atom. The average Bonchev–Trinajstić information content (AvgIpc) is 3.17. The van der Waals surface area contributed by atoms with E-state index in [2.05, 4.69) is 92.1 Å². The molecule has 2 aromatic carbocycles. The molecule has 0 fully saturated rings. The van der Waals surface area contributed by atoms with E-state index in [0.29, 0.717) is 12.0 Å². The molecule has 4 rings (SSSR count). The van der Waals surface area contributed by atoms with Gasteiger partial charge in [0.2, 0.25) is 5.69 Å². The Kier molecular flexibility index (Phi) is 4.63. The zero-order valence-corrected chi connectivity index (χ0v) is 16.1. The van der Waals surface area contributed by atoms with Crippen LogP contribution >= 0.6 is 0 Å². The van der Waals surface area contributed by atoms with E-state index in [9.17, 15) is 0 Å². The summed E-state index contributed by atoms with van der Waals surface area (Å²) in [7, 11) is 0. The van der Waals surface area contributed by atoms with Crippen molar-refractivity contribution in [1.29, 1.82) is 0 Å². The topological polar surface area (TPSA) is 3.88 Å². The smallest absolute Gasteiger partial charge is 0.193 e. The first-order chi connectivity index (χ1) is 12.7. The van der Waals surface area contributed by atoms with Gasteiger partial charge in [0.15, 0.2) is 11.7 Å². The highest BCUT2D eigenvalue weighted by Gasteiger charge is 2.33. The van der Waals surface area contributed by atoms with Gasteiger partial charge in [0.05, 0.1) is 0 Å². The minimum atomic E-state index is 0.488. The monoisotopic (exact) mass is 342 g/mol. The number of pyridine rings is 1. The van der Waals surface area contributed by atoms with E-state index < -0.39 is 0 Å². The Morgan fingerprint density at radius 2 is 1.38 bits per heavy atom. The van der Waals surface area contributed by atoms with Gasteiger partial charge in [-0.25, -0.2) is 0 Å². The van der Waals surface area contributed by atoms with Crippen LogP contribution in [0, 0.1) is 5.92 Å². The maximum Gasteiger partial charge on any atom is 0.213 e. The maximum atomic E-state index is 2.63. The van der Waals surface area contributed by atoms with Crippen molar-refractivity contribution >= 4 is 0 Å². The standard InChI is InChI=1S/C25H28N/c1-18(2)19(3)26-24-16-10-15-22(24)23(20-11-6-4-7-12-20)17-25(26)21-13-8-5-9-14-21/h4-9,11-14,17-19H,10,15-16H2,1-3H3/q+1. The van der Waals surface area contributed by atoms with Crippen LogP contribution in [0.1, 0.15) is 44.5 Å². The highest BCUT2D eigenvalue weighted by atomic mass is 15.0. The molecule has 3 aromatic rings. The van der Waals surface area contributed by atoms with Crippen LogP contribution in [0.25, 0.3) is 22.4 Å². The van der Waals surface area contributed by atoms with Crippen molar-refractivity contribution in [2.75, 3.05) is 0 Å². The van der Waals surface area contributed by atoms with Gasteiger partial charge in [-0.3, -0.25) is 0 Å². The highest BCUT2D eigenvalue weighted by Crippen LogP contribution is 2.35. The molecular formula is C25H28N+. The van der Waals surface area contributed by atoms with Crippen molar-refractivity contribution in [2.24, 2.45) is 5.92 Å². The van der Waals surface area contributed by atoms with E-state index >= 15 is 0 Å². The fourth-order valence-corrected chi connectivity index (χ4v) is 4.19. The molecule has 0 aliphatic heterocycles. The van der Waals surface area contributed by atoms with Gasteiger partial charge in [0.1, 0.15) is 0 Å². The number of nitrogens with zero attached hydrogens (tertiary/aromatic N) is 1. The summed E-state index contributed by atoms with van der Waals surface area (Å²) in [4.78, 5) is 0. The van der Waals surface area contributed by atoms with Gasteiger partial charge in [-0.05, 0) is 43.0 Å². The van der Waals surface area contributed by atoms with Crippen molar-refractivity contribution in [3.05, 3.63) is 78.0 Å². The number of aromatic nitrogens is 1. The van der Waals surface area contributed by atoms with Gasteiger partial charge in [0.25, 0.3) is 0 Å². The third-order valence-corrected chi connectivity index (χ3v) is 5.87. The van der Waals surface area contributed by atoms with Gasteiger partial charge < -0.3 is 0 Å². The van der Waals surface area contributed by atoms with Crippen molar-refractivity contribution in [2.45, 2.75) is 46.1 Å². The minimum Gasteiger partial charge on any atom is -0.193 e. The molecule has 0 saturated heterocycles. The maximum absolute atomic E-state index is 2.63. The summed E-state index contributed by atoms with van der Waals surface area (Å²) >= 11 is 0. The van der Waals surface area contributed by atoms with Gasteiger partial charge in [-0.15, -0.1) is 0 Å². The molecule has 1 aliphatic carbocycles. The lowest BCUT2D eigenvalue weighted by Crippen LogP contribution is -2.46. The Bertz CT molecular complexity index is 894. The molecule has 0 saturated carbocycles. The van der Waals surface area contributed by atoms with Crippen LogP contribution in [0.15, 0.2) is 66.7 Å². The fourth-order valence-electron chi connectivity index (χ4n) is 4.19. The lowest BCUT2D eigenvalue weighted by atomic mass is 9.94. The van der Waals surface area contributed by atoms with E-state index in [1.165, 1.54) is 41.6 Å². The number of fused-ring (bicyclic) bond motifs is 1. The molecule has 26 heavy (non-hydrogen) atoms. The molecule has 1 atom stereocenters. The third-order valence-electron chi connectivity index (χ3n) is 5.87. The van der Waals surface area contributed by atoms with Crippen LogP contribution in [0.3, 0.4) is 0 Å². The molecule has 1 aromatic heterocycles. The van der Waals surface area contributed by atoms with Crippen molar-refractivity contribution < 1.29 is 4.57 Å². The normalized spacial score (nSPS) is 14.5. The van der Waals surface area contributed by atoms with E-state index in [1.807, 2.05) is 0 Å². The second kappa shape index (κ2) is 7.07. The quantitative estimate of drug-likeness (QED) is 0.511. The van der Waals surface area contributed by atoms with Crippen molar-refractivity contribution in [1.82, 2.24) is 0 Å². The summed E-state index contributed by atoms with van der Waals surface area (Å²) in [6.45, 7) is 7.04. The Hall–Kier alpha value is -2.41. The van der Waals surface area contributed by atoms with E-state index in [-0.39, 0.29) is 0 Å². The molecule has 1 aliphatic rings. The summed E-state index contributed by atoms with van der Waals surface area (Å²) in [6.07, 6.45) is 3.64. The third kappa shape index (κ3) is 2.96. The molecule has 0 bridgehead atoms. The summed E-state index contributed by atoms with van der Waals surface area (Å²) < 4.78 is 2.63. The van der Waals surface area contributed by atoms with Gasteiger partial charge in [-0.2, -0.15) is 4.57 Å². The Labute approximate surface area is 157 Å². The van der Waals surface area contributed by atoms with Gasteiger partial charge in [0, 0.05) is 29.5 Å². The summed E-state index contributed by atoms with van der Waals surface area (Å²) in [5, 5.41) is 0. The van der Waals surface area contributed by atoms with Crippen LogP contribution in [-0.4, -0.2) is 0 Å². The lowest BCUT2D eigenvalue weighted by Gasteiger charge is -2.20. The molecule has 0 N–H and O–H groups in total. The Balaban J connectivity index is 2.02. The van der Waals surface area contributed by atoms with Crippen LogP contribution in [0.4, 0.5) is 0 Å². The van der Waals surface area contributed by atoms with Crippen LogP contribution in [0.5, 0.6) is 0 Å². The molecule has 1 nitrogen and oxygen atoms in total. The molecule has 0 spiro atoms. The Morgan fingerprint density at radius 1 is 0.769 bits per heavy atom. The van der Waals surface area contributed by atoms with E-state index in [1.54, 1.807) is 11.3 Å². The molecule has 1 heterocycles. The predicted octanol–water partition coefficient (Wildman–Crippen LogP) is 6.01. The second-order valence-corrected chi connectivity index (χ2v) is 7.81. The SMILES string of the molecule is CC(C)C(C)[n+]1c(-c2ccccc2)cc(-c2ccccc2)c2c1CCC2. The first-order valence-corrected chi connectivity index (χ1v) is 9.88.